The van der Waals surface area contributed by atoms with Crippen LogP contribution in [0.5, 0.6) is 0 Å². The van der Waals surface area contributed by atoms with Crippen molar-refractivity contribution in [3.8, 4) is 0 Å². The molecule has 1 unspecified atom stereocenters. The van der Waals surface area contributed by atoms with Crippen LogP contribution in [-0.2, 0) is 6.42 Å². The van der Waals surface area contributed by atoms with E-state index in [4.69, 9.17) is 5.84 Å². The van der Waals surface area contributed by atoms with Gasteiger partial charge < -0.3 is 0 Å². The molecule has 1 aromatic carbocycles. The SMILES string of the molecule is NNC(Cc1ccccn1)c1ccc2cccnc2c1. The summed E-state index contributed by atoms with van der Waals surface area (Å²) in [6.45, 7) is 0. The summed E-state index contributed by atoms with van der Waals surface area (Å²) in [5.41, 5.74) is 5.97. The van der Waals surface area contributed by atoms with Crippen molar-refractivity contribution in [3.05, 3.63) is 72.2 Å². The minimum Gasteiger partial charge on any atom is -0.271 e. The van der Waals surface area contributed by atoms with Gasteiger partial charge in [0.25, 0.3) is 0 Å². The topological polar surface area (TPSA) is 63.8 Å². The minimum absolute atomic E-state index is 0.0244. The van der Waals surface area contributed by atoms with E-state index in [0.717, 1.165) is 28.6 Å². The summed E-state index contributed by atoms with van der Waals surface area (Å²) in [6, 6.07) is 16.1. The maximum Gasteiger partial charge on any atom is 0.0705 e. The highest BCUT2D eigenvalue weighted by Gasteiger charge is 2.12. The van der Waals surface area contributed by atoms with Crippen molar-refractivity contribution < 1.29 is 0 Å². The predicted octanol–water partition coefficient (Wildman–Crippen LogP) is 2.38. The second kappa shape index (κ2) is 5.77. The molecule has 0 aliphatic heterocycles. The molecule has 0 saturated carbocycles. The number of hydrazine groups is 1. The molecular weight excluding hydrogens is 248 g/mol. The highest BCUT2D eigenvalue weighted by molar-refractivity contribution is 5.79. The van der Waals surface area contributed by atoms with Crippen molar-refractivity contribution >= 4 is 10.9 Å². The molecule has 0 radical (unpaired) electrons. The zero-order valence-corrected chi connectivity index (χ0v) is 11.0. The summed E-state index contributed by atoms with van der Waals surface area (Å²) in [4.78, 5) is 8.72. The molecule has 1 atom stereocenters. The lowest BCUT2D eigenvalue weighted by Gasteiger charge is -2.16. The van der Waals surface area contributed by atoms with Gasteiger partial charge in [-0.25, -0.2) is 0 Å². The second-order valence-corrected chi connectivity index (χ2v) is 4.70. The lowest BCUT2D eigenvalue weighted by molar-refractivity contribution is 0.546. The summed E-state index contributed by atoms with van der Waals surface area (Å²) in [6.07, 6.45) is 4.34. The number of nitrogens with two attached hydrogens (primary N) is 1. The molecule has 0 saturated heterocycles. The summed E-state index contributed by atoms with van der Waals surface area (Å²) in [7, 11) is 0. The van der Waals surface area contributed by atoms with Crippen LogP contribution in [0.3, 0.4) is 0 Å². The van der Waals surface area contributed by atoms with Crippen LogP contribution in [-0.4, -0.2) is 9.97 Å². The van der Waals surface area contributed by atoms with Gasteiger partial charge in [-0.15, -0.1) is 0 Å². The number of nitrogens with zero attached hydrogens (tertiary/aromatic N) is 2. The van der Waals surface area contributed by atoms with Crippen LogP contribution in [0, 0.1) is 0 Å². The summed E-state index contributed by atoms with van der Waals surface area (Å²) < 4.78 is 0. The molecule has 0 aliphatic rings. The maximum atomic E-state index is 5.70. The highest BCUT2D eigenvalue weighted by atomic mass is 15.2. The average Bonchev–Trinajstić information content (AvgIpc) is 2.53. The first-order valence-corrected chi connectivity index (χ1v) is 6.57. The van der Waals surface area contributed by atoms with Gasteiger partial charge in [-0.05, 0) is 29.8 Å². The van der Waals surface area contributed by atoms with Crippen LogP contribution >= 0.6 is 0 Å². The Morgan fingerprint density at radius 2 is 1.90 bits per heavy atom. The van der Waals surface area contributed by atoms with Crippen LogP contribution in [0.25, 0.3) is 10.9 Å². The highest BCUT2D eigenvalue weighted by Crippen LogP contribution is 2.21. The number of aromatic nitrogens is 2. The Morgan fingerprint density at radius 3 is 2.70 bits per heavy atom. The molecule has 2 heterocycles. The maximum absolute atomic E-state index is 5.70. The zero-order valence-electron chi connectivity index (χ0n) is 11.0. The minimum atomic E-state index is 0.0244. The Labute approximate surface area is 117 Å². The largest absolute Gasteiger partial charge is 0.271 e. The van der Waals surface area contributed by atoms with Crippen LogP contribution in [0.2, 0.25) is 0 Å². The fraction of sp³-hybridized carbons (Fsp3) is 0.125. The normalized spacial score (nSPS) is 12.4. The molecule has 4 nitrogen and oxygen atoms in total. The number of hydrogen-bond acceptors (Lipinski definition) is 4. The smallest absolute Gasteiger partial charge is 0.0705 e. The molecule has 0 spiro atoms. The monoisotopic (exact) mass is 264 g/mol. The molecule has 20 heavy (non-hydrogen) atoms. The Bertz CT molecular complexity index is 697. The molecule has 0 fully saturated rings. The number of hydrogen-bond donors (Lipinski definition) is 2. The molecule has 0 bridgehead atoms. The first-order valence-electron chi connectivity index (χ1n) is 6.57. The molecule has 0 aliphatic carbocycles. The van der Waals surface area contributed by atoms with Crippen LogP contribution < -0.4 is 11.3 Å². The van der Waals surface area contributed by atoms with Gasteiger partial charge in [0.2, 0.25) is 0 Å². The number of rotatable bonds is 4. The van der Waals surface area contributed by atoms with E-state index in [-0.39, 0.29) is 6.04 Å². The molecule has 0 amide bonds. The van der Waals surface area contributed by atoms with Gasteiger partial charge in [-0.3, -0.25) is 21.2 Å². The molecule has 4 heteroatoms. The molecule has 3 aromatic rings. The third kappa shape index (κ3) is 2.66. The van der Waals surface area contributed by atoms with E-state index in [9.17, 15) is 0 Å². The van der Waals surface area contributed by atoms with Gasteiger partial charge in [0.15, 0.2) is 0 Å². The van der Waals surface area contributed by atoms with Crippen molar-refractivity contribution in [1.82, 2.24) is 15.4 Å². The lowest BCUT2D eigenvalue weighted by atomic mass is 10.0. The number of pyridine rings is 2. The second-order valence-electron chi connectivity index (χ2n) is 4.70. The van der Waals surface area contributed by atoms with Gasteiger partial charge in [0, 0.05) is 29.9 Å². The molecule has 3 rings (SSSR count). The van der Waals surface area contributed by atoms with E-state index in [1.807, 2.05) is 24.3 Å². The van der Waals surface area contributed by atoms with Crippen molar-refractivity contribution in [2.75, 3.05) is 0 Å². The average molecular weight is 264 g/mol. The van der Waals surface area contributed by atoms with E-state index in [1.54, 1.807) is 12.4 Å². The third-order valence-corrected chi connectivity index (χ3v) is 3.37. The number of fused-ring (bicyclic) bond motifs is 1. The number of nitrogens with one attached hydrogen (secondary N) is 1. The van der Waals surface area contributed by atoms with E-state index in [1.165, 1.54) is 0 Å². The van der Waals surface area contributed by atoms with Crippen LogP contribution in [0.1, 0.15) is 17.3 Å². The van der Waals surface area contributed by atoms with E-state index >= 15 is 0 Å². The van der Waals surface area contributed by atoms with Gasteiger partial charge >= 0.3 is 0 Å². The standard InChI is InChI=1S/C16H16N4/c17-20-16(11-14-5-1-2-8-18-14)13-7-6-12-4-3-9-19-15(12)10-13/h1-10,16,20H,11,17H2. The van der Waals surface area contributed by atoms with Crippen LogP contribution in [0.15, 0.2) is 60.9 Å². The van der Waals surface area contributed by atoms with Gasteiger partial charge in [0.05, 0.1) is 11.6 Å². The third-order valence-electron chi connectivity index (χ3n) is 3.37. The molecule has 100 valence electrons. The first kappa shape index (κ1) is 12.7. The number of benzene rings is 1. The van der Waals surface area contributed by atoms with E-state index < -0.39 is 0 Å². The molecule has 3 N–H and O–H groups in total. The van der Waals surface area contributed by atoms with Crippen molar-refractivity contribution in [1.29, 1.82) is 0 Å². The van der Waals surface area contributed by atoms with Crippen molar-refractivity contribution in [2.24, 2.45) is 5.84 Å². The Morgan fingerprint density at radius 1 is 1.00 bits per heavy atom. The quantitative estimate of drug-likeness (QED) is 0.561. The van der Waals surface area contributed by atoms with Crippen molar-refractivity contribution in [2.45, 2.75) is 12.5 Å². The fourth-order valence-corrected chi connectivity index (χ4v) is 2.30. The Hall–Kier alpha value is -2.30. The molecule has 2 aromatic heterocycles. The van der Waals surface area contributed by atoms with E-state index in [0.29, 0.717) is 0 Å². The summed E-state index contributed by atoms with van der Waals surface area (Å²) in [5.74, 6) is 5.70. The van der Waals surface area contributed by atoms with Gasteiger partial charge in [0.1, 0.15) is 0 Å². The summed E-state index contributed by atoms with van der Waals surface area (Å²) >= 11 is 0. The Balaban J connectivity index is 1.91. The van der Waals surface area contributed by atoms with Gasteiger partial charge in [-0.1, -0.05) is 24.3 Å². The predicted molar refractivity (Wildman–Crippen MR) is 79.7 cm³/mol. The van der Waals surface area contributed by atoms with Crippen molar-refractivity contribution in [3.63, 3.8) is 0 Å². The van der Waals surface area contributed by atoms with Gasteiger partial charge in [-0.2, -0.15) is 0 Å². The fourth-order valence-electron chi connectivity index (χ4n) is 2.30. The van der Waals surface area contributed by atoms with E-state index in [2.05, 4.69) is 39.7 Å². The lowest BCUT2D eigenvalue weighted by Crippen LogP contribution is -2.29. The molecular formula is C16H16N4. The first-order chi connectivity index (χ1) is 9.86. The Kier molecular flexibility index (Phi) is 3.67. The summed E-state index contributed by atoms with van der Waals surface area (Å²) in [5, 5.41) is 1.13. The van der Waals surface area contributed by atoms with Crippen LogP contribution in [0.4, 0.5) is 0 Å². The zero-order chi connectivity index (χ0) is 13.8.